The normalized spacial score (nSPS) is 11.3. The Bertz CT molecular complexity index is 1140. The summed E-state index contributed by atoms with van der Waals surface area (Å²) in [6, 6.07) is 13.2. The van der Waals surface area contributed by atoms with Gasteiger partial charge in [-0.25, -0.2) is 0 Å². The van der Waals surface area contributed by atoms with Gasteiger partial charge in [0.15, 0.2) is 18.1 Å². The molecule has 0 atom stereocenters. The summed E-state index contributed by atoms with van der Waals surface area (Å²) in [4.78, 5) is 0. The van der Waals surface area contributed by atoms with Gasteiger partial charge in [0.05, 0.1) is 10.9 Å². The van der Waals surface area contributed by atoms with Gasteiger partial charge in [-0.1, -0.05) is 29.5 Å². The van der Waals surface area contributed by atoms with Crippen molar-refractivity contribution in [3.05, 3.63) is 76.6 Å². The van der Waals surface area contributed by atoms with Crippen LogP contribution in [-0.4, -0.2) is 0 Å². The van der Waals surface area contributed by atoms with Gasteiger partial charge in [0.1, 0.15) is 7.05 Å². The summed E-state index contributed by atoms with van der Waals surface area (Å²) in [6.45, 7) is 8.88. The molecule has 0 aliphatic heterocycles. The van der Waals surface area contributed by atoms with E-state index in [1.807, 2.05) is 0 Å². The third-order valence-electron chi connectivity index (χ3n) is 5.18. The van der Waals surface area contributed by atoms with Gasteiger partial charge >= 0.3 is 0 Å². The predicted molar refractivity (Wildman–Crippen MR) is 109 cm³/mol. The number of aryl methyl sites for hydroxylation is 4. The number of pyridine rings is 1. The molecular formula is C23H24N2S+2. The second kappa shape index (κ2) is 6.33. The lowest BCUT2D eigenvalue weighted by Gasteiger charge is -2.12. The summed E-state index contributed by atoms with van der Waals surface area (Å²) in [5.41, 5.74) is 7.88. The summed E-state index contributed by atoms with van der Waals surface area (Å²) >= 11 is 1.80. The zero-order valence-electron chi connectivity index (χ0n) is 16.0. The molecule has 130 valence electrons. The highest BCUT2D eigenvalue weighted by molar-refractivity contribution is 7.12. The monoisotopic (exact) mass is 360 g/mol. The van der Waals surface area contributed by atoms with Gasteiger partial charge in [-0.05, 0) is 43.9 Å². The number of hydrogen-bond donors (Lipinski definition) is 0. The molecule has 0 N–H and O–H groups in total. The molecule has 0 saturated carbocycles. The lowest BCUT2D eigenvalue weighted by atomic mass is 9.96. The third kappa shape index (κ3) is 2.63. The molecule has 2 aromatic carbocycles. The Labute approximate surface area is 159 Å². The fraction of sp³-hybridized carbons (Fsp3) is 0.217. The number of hydrogen-bond acceptors (Lipinski definition) is 1. The van der Waals surface area contributed by atoms with Crippen LogP contribution >= 0.6 is 11.3 Å². The molecule has 0 fully saturated rings. The van der Waals surface area contributed by atoms with Gasteiger partial charge in [-0.15, -0.1) is 0 Å². The first-order chi connectivity index (χ1) is 12.5. The van der Waals surface area contributed by atoms with Crippen molar-refractivity contribution in [1.29, 1.82) is 0 Å². The largest absolute Gasteiger partial charge is 0.269 e. The molecular weight excluding hydrogens is 336 g/mol. The Kier molecular flexibility index (Phi) is 4.12. The van der Waals surface area contributed by atoms with Crippen molar-refractivity contribution in [3.63, 3.8) is 0 Å². The van der Waals surface area contributed by atoms with Gasteiger partial charge < -0.3 is 0 Å². The number of thiazole rings is 1. The first kappa shape index (κ1) is 16.9. The molecule has 0 amide bonds. The zero-order chi connectivity index (χ0) is 18.4. The van der Waals surface area contributed by atoms with Crippen LogP contribution in [-0.2, 0) is 7.05 Å². The Morgan fingerprint density at radius 3 is 2.31 bits per heavy atom. The minimum Gasteiger partial charge on any atom is -0.191 e. The fourth-order valence-electron chi connectivity index (χ4n) is 3.98. The summed E-state index contributed by atoms with van der Waals surface area (Å²) < 4.78 is 4.57. The first-order valence-electron chi connectivity index (χ1n) is 8.93. The molecule has 0 radical (unpaired) electrons. The van der Waals surface area contributed by atoms with Crippen LogP contribution in [0.4, 0.5) is 0 Å². The van der Waals surface area contributed by atoms with Gasteiger partial charge in [-0.2, -0.15) is 9.13 Å². The van der Waals surface area contributed by atoms with E-state index in [1.165, 1.54) is 49.4 Å². The van der Waals surface area contributed by atoms with Crippen molar-refractivity contribution in [2.24, 2.45) is 7.05 Å². The average Bonchev–Trinajstić information content (AvgIpc) is 3.01. The summed E-state index contributed by atoms with van der Waals surface area (Å²) in [5, 5.41) is 6.01. The maximum Gasteiger partial charge on any atom is 0.269 e. The number of benzene rings is 2. The molecule has 3 heteroatoms. The highest BCUT2D eigenvalue weighted by atomic mass is 32.1. The van der Waals surface area contributed by atoms with E-state index in [4.69, 9.17) is 0 Å². The highest BCUT2D eigenvalue weighted by Gasteiger charge is 2.26. The second-order valence-corrected chi connectivity index (χ2v) is 7.99. The maximum atomic E-state index is 2.35. The number of nitrogens with zero attached hydrogens (tertiary/aromatic N) is 2. The quantitative estimate of drug-likeness (QED) is 0.449. The van der Waals surface area contributed by atoms with Gasteiger partial charge in [0.2, 0.25) is 5.69 Å². The van der Waals surface area contributed by atoms with E-state index < -0.39 is 0 Å². The number of rotatable bonds is 2. The minimum atomic E-state index is 1.25. The lowest BCUT2D eigenvalue weighted by molar-refractivity contribution is -0.656. The lowest BCUT2D eigenvalue weighted by Crippen LogP contribution is -2.36. The number of aromatic nitrogens is 2. The first-order valence-corrected chi connectivity index (χ1v) is 9.81. The van der Waals surface area contributed by atoms with Crippen LogP contribution < -0.4 is 9.13 Å². The van der Waals surface area contributed by atoms with Crippen LogP contribution in [0.1, 0.15) is 22.4 Å². The summed E-state index contributed by atoms with van der Waals surface area (Å²) in [6.07, 6.45) is 4.40. The van der Waals surface area contributed by atoms with Gasteiger partial charge in [-0.3, -0.25) is 0 Å². The topological polar surface area (TPSA) is 7.76 Å². The summed E-state index contributed by atoms with van der Waals surface area (Å²) in [7, 11) is 2.12. The molecule has 26 heavy (non-hydrogen) atoms. The predicted octanol–water partition coefficient (Wildman–Crippen LogP) is 4.90. The van der Waals surface area contributed by atoms with E-state index >= 15 is 0 Å². The Morgan fingerprint density at radius 1 is 0.885 bits per heavy atom. The molecule has 2 heterocycles. The number of fused-ring (bicyclic) bond motifs is 1. The van der Waals surface area contributed by atoms with Crippen LogP contribution in [0, 0.1) is 27.7 Å². The molecule has 2 aromatic heterocycles. The van der Waals surface area contributed by atoms with Crippen LogP contribution in [0.5, 0.6) is 0 Å². The van der Waals surface area contributed by atoms with Crippen molar-refractivity contribution in [1.82, 2.24) is 0 Å². The molecule has 0 spiro atoms. The molecule has 0 saturated heterocycles. The molecule has 4 aromatic rings. The molecule has 4 rings (SSSR count). The Morgan fingerprint density at radius 2 is 1.62 bits per heavy atom. The molecule has 0 unspecified atom stereocenters. The van der Waals surface area contributed by atoms with Crippen LogP contribution in [0.2, 0.25) is 0 Å². The molecule has 2 nitrogen and oxygen atoms in total. The van der Waals surface area contributed by atoms with Crippen molar-refractivity contribution < 1.29 is 9.13 Å². The van der Waals surface area contributed by atoms with Crippen LogP contribution in [0.3, 0.4) is 0 Å². The third-order valence-corrected chi connectivity index (χ3v) is 6.15. The van der Waals surface area contributed by atoms with E-state index in [9.17, 15) is 0 Å². The van der Waals surface area contributed by atoms with Gasteiger partial charge in [0, 0.05) is 29.5 Å². The van der Waals surface area contributed by atoms with Crippen LogP contribution in [0.25, 0.3) is 27.0 Å². The fourth-order valence-corrected chi connectivity index (χ4v) is 5.01. The van der Waals surface area contributed by atoms with E-state index in [2.05, 4.69) is 98.0 Å². The van der Waals surface area contributed by atoms with Crippen molar-refractivity contribution in [3.8, 4) is 16.3 Å². The van der Waals surface area contributed by atoms with E-state index in [1.54, 1.807) is 11.3 Å². The highest BCUT2D eigenvalue weighted by Crippen LogP contribution is 2.32. The molecule has 0 aliphatic carbocycles. The summed E-state index contributed by atoms with van der Waals surface area (Å²) in [5.74, 6) is 0. The molecule has 0 aliphatic rings. The van der Waals surface area contributed by atoms with Crippen molar-refractivity contribution in [2.75, 3.05) is 0 Å². The SMILES string of the molecule is Cc1cc(C)c(-[n+]2cc3ccccc3cc2C)c(C)c1-c1scc[n+]1C. The van der Waals surface area contributed by atoms with Crippen molar-refractivity contribution >= 4 is 22.1 Å². The smallest absolute Gasteiger partial charge is 0.191 e. The average molecular weight is 361 g/mol. The second-order valence-electron chi connectivity index (χ2n) is 7.09. The standard InChI is InChI=1S/C23H24N2S/c1-15-12-16(2)22(18(4)21(15)23-24(5)10-11-26-23)25-14-20-9-7-6-8-19(20)13-17(25)3/h6-14H,1-5H3/q+2. The maximum absolute atomic E-state index is 2.35. The van der Waals surface area contributed by atoms with E-state index in [-0.39, 0.29) is 0 Å². The minimum absolute atomic E-state index is 1.25. The Hall–Kier alpha value is -2.52. The zero-order valence-corrected chi connectivity index (χ0v) is 16.8. The van der Waals surface area contributed by atoms with Crippen LogP contribution in [0.15, 0.2) is 54.2 Å². The Balaban J connectivity index is 2.04. The van der Waals surface area contributed by atoms with Gasteiger partial charge in [0.25, 0.3) is 5.01 Å². The molecule has 0 bridgehead atoms. The van der Waals surface area contributed by atoms with E-state index in [0.717, 1.165) is 0 Å². The van der Waals surface area contributed by atoms with E-state index in [0.29, 0.717) is 0 Å². The van der Waals surface area contributed by atoms with Crippen molar-refractivity contribution in [2.45, 2.75) is 27.7 Å².